The largest absolute Gasteiger partial charge is 0.416 e. The number of rotatable bonds is 2. The van der Waals surface area contributed by atoms with E-state index >= 15 is 0 Å². The van der Waals surface area contributed by atoms with Crippen LogP contribution in [-0.4, -0.2) is 18.5 Å². The van der Waals surface area contributed by atoms with Crippen LogP contribution >= 0.6 is 11.6 Å². The lowest BCUT2D eigenvalue weighted by atomic mass is 9.96. The zero-order valence-electron chi connectivity index (χ0n) is 17.3. The summed E-state index contributed by atoms with van der Waals surface area (Å²) in [6.45, 7) is 0.202. The lowest BCUT2D eigenvalue weighted by Gasteiger charge is -2.21. The summed E-state index contributed by atoms with van der Waals surface area (Å²) in [5, 5.41) is 5.77. The van der Waals surface area contributed by atoms with Gasteiger partial charge in [-0.2, -0.15) is 13.2 Å². The lowest BCUT2D eigenvalue weighted by Crippen LogP contribution is -2.33. The van der Waals surface area contributed by atoms with Crippen LogP contribution in [0.25, 0.3) is 0 Å². The maximum atomic E-state index is 13.9. The molecule has 2 aliphatic rings. The maximum absolute atomic E-state index is 13.9. The first-order valence-corrected chi connectivity index (χ1v) is 10.7. The van der Waals surface area contributed by atoms with Crippen molar-refractivity contribution in [3.05, 3.63) is 93.3 Å². The van der Waals surface area contributed by atoms with Gasteiger partial charge in [0.2, 0.25) is 0 Å². The molecule has 0 bridgehead atoms. The normalized spacial score (nSPS) is 16.8. The summed E-state index contributed by atoms with van der Waals surface area (Å²) < 4.78 is 53.0. The summed E-state index contributed by atoms with van der Waals surface area (Å²) >= 11 is 6.26. The highest BCUT2D eigenvalue weighted by atomic mass is 35.5. The topological polar surface area (TPSA) is 61.4 Å². The third-order valence-electron chi connectivity index (χ3n) is 5.97. The van der Waals surface area contributed by atoms with Crippen LogP contribution in [0.2, 0.25) is 5.02 Å². The Hall–Kier alpha value is -3.59. The fourth-order valence-corrected chi connectivity index (χ4v) is 4.63. The van der Waals surface area contributed by atoms with Gasteiger partial charge in [0, 0.05) is 39.6 Å². The zero-order chi connectivity index (χ0) is 24.2. The quantitative estimate of drug-likeness (QED) is 0.439. The van der Waals surface area contributed by atoms with Crippen LogP contribution in [0, 0.1) is 5.82 Å². The number of benzene rings is 3. The van der Waals surface area contributed by atoms with Crippen LogP contribution in [0.3, 0.4) is 0 Å². The standard InChI is InChI=1S/C24H16ClF4N3O2/c25-17-6-5-14(26)11-16(17)21-20-15(22(33)31-21)2-1-3-18(20)30-23(34)32-9-8-12-10-13(24(27,28)29)4-7-19(12)32/h1-7,10-11,21H,8-9H2,(H,30,34)(H,31,33). The monoisotopic (exact) mass is 489 g/mol. The van der Waals surface area contributed by atoms with Crippen molar-refractivity contribution in [2.75, 3.05) is 16.8 Å². The molecule has 34 heavy (non-hydrogen) atoms. The minimum atomic E-state index is -4.47. The van der Waals surface area contributed by atoms with Gasteiger partial charge in [0.25, 0.3) is 5.91 Å². The molecule has 1 atom stereocenters. The fourth-order valence-electron chi connectivity index (χ4n) is 4.41. The predicted molar refractivity (Wildman–Crippen MR) is 119 cm³/mol. The van der Waals surface area contributed by atoms with Crippen LogP contribution < -0.4 is 15.5 Å². The van der Waals surface area contributed by atoms with E-state index in [4.69, 9.17) is 11.6 Å². The summed E-state index contributed by atoms with van der Waals surface area (Å²) in [6, 6.07) is 10.5. The third kappa shape index (κ3) is 3.75. The van der Waals surface area contributed by atoms with Gasteiger partial charge in [-0.3, -0.25) is 9.69 Å². The third-order valence-corrected chi connectivity index (χ3v) is 6.32. The Morgan fingerprint density at radius 2 is 1.91 bits per heavy atom. The number of anilines is 2. The molecule has 2 N–H and O–H groups in total. The van der Waals surface area contributed by atoms with Gasteiger partial charge in [-0.05, 0) is 60.5 Å². The Morgan fingerprint density at radius 1 is 1.12 bits per heavy atom. The van der Waals surface area contributed by atoms with Crippen molar-refractivity contribution in [1.29, 1.82) is 0 Å². The molecule has 1 unspecified atom stereocenters. The van der Waals surface area contributed by atoms with Crippen molar-refractivity contribution in [1.82, 2.24) is 5.32 Å². The SMILES string of the molecule is O=C1NC(c2cc(F)ccc2Cl)c2c(NC(=O)N3CCc4cc(C(F)(F)F)ccc43)cccc21. The molecule has 5 rings (SSSR count). The molecule has 0 saturated heterocycles. The lowest BCUT2D eigenvalue weighted by molar-refractivity contribution is -0.137. The van der Waals surface area contributed by atoms with E-state index in [0.717, 1.165) is 12.1 Å². The molecular weight excluding hydrogens is 474 g/mol. The molecule has 10 heteroatoms. The Kier molecular flexibility index (Phi) is 5.24. The fraction of sp³-hybridized carbons (Fsp3) is 0.167. The number of halogens is 5. The number of urea groups is 1. The Morgan fingerprint density at radius 3 is 2.68 bits per heavy atom. The van der Waals surface area contributed by atoms with E-state index in [1.807, 2.05) is 0 Å². The van der Waals surface area contributed by atoms with Gasteiger partial charge in [-0.15, -0.1) is 0 Å². The van der Waals surface area contributed by atoms with E-state index in [-0.39, 0.29) is 18.0 Å². The molecule has 0 aliphatic carbocycles. The Balaban J connectivity index is 1.47. The van der Waals surface area contributed by atoms with E-state index in [0.29, 0.717) is 33.6 Å². The van der Waals surface area contributed by atoms with E-state index < -0.39 is 35.5 Å². The molecule has 5 nitrogen and oxygen atoms in total. The summed E-state index contributed by atoms with van der Waals surface area (Å²) in [4.78, 5) is 27.0. The van der Waals surface area contributed by atoms with Gasteiger partial charge in [0.1, 0.15) is 5.82 Å². The average molecular weight is 490 g/mol. The van der Waals surface area contributed by atoms with Crippen LogP contribution in [0.1, 0.15) is 38.7 Å². The number of carbonyl (C=O) groups excluding carboxylic acids is 2. The average Bonchev–Trinajstić information content (AvgIpc) is 3.36. The summed E-state index contributed by atoms with van der Waals surface area (Å²) in [6.07, 6.45) is -4.19. The number of nitrogens with zero attached hydrogens (tertiary/aromatic N) is 1. The van der Waals surface area contributed by atoms with Crippen molar-refractivity contribution < 1.29 is 27.2 Å². The van der Waals surface area contributed by atoms with Crippen molar-refractivity contribution >= 4 is 34.9 Å². The van der Waals surface area contributed by atoms with Gasteiger partial charge >= 0.3 is 12.2 Å². The molecule has 174 valence electrons. The Labute approximate surface area is 196 Å². The smallest absolute Gasteiger partial charge is 0.341 e. The van der Waals surface area contributed by atoms with Crippen LogP contribution in [0.5, 0.6) is 0 Å². The zero-order valence-corrected chi connectivity index (χ0v) is 18.1. The molecule has 0 spiro atoms. The second-order valence-corrected chi connectivity index (χ2v) is 8.42. The molecule has 0 fully saturated rings. The van der Waals surface area contributed by atoms with Crippen molar-refractivity contribution in [2.24, 2.45) is 0 Å². The van der Waals surface area contributed by atoms with Gasteiger partial charge in [-0.1, -0.05) is 17.7 Å². The summed E-state index contributed by atoms with van der Waals surface area (Å²) in [5.41, 5.74) is 1.42. The maximum Gasteiger partial charge on any atom is 0.416 e. The molecule has 0 aromatic heterocycles. The highest BCUT2D eigenvalue weighted by Gasteiger charge is 2.36. The van der Waals surface area contributed by atoms with E-state index in [1.54, 1.807) is 18.2 Å². The number of nitrogens with one attached hydrogen (secondary N) is 2. The van der Waals surface area contributed by atoms with Gasteiger partial charge in [-0.25, -0.2) is 9.18 Å². The molecule has 0 saturated carbocycles. The number of hydrogen-bond acceptors (Lipinski definition) is 2. The number of amides is 3. The Bertz CT molecular complexity index is 1340. The highest BCUT2D eigenvalue weighted by Crippen LogP contribution is 2.40. The van der Waals surface area contributed by atoms with Crippen LogP contribution in [-0.2, 0) is 12.6 Å². The molecule has 2 heterocycles. The summed E-state index contributed by atoms with van der Waals surface area (Å²) in [7, 11) is 0. The molecule has 3 amide bonds. The first-order chi connectivity index (χ1) is 16.1. The second-order valence-electron chi connectivity index (χ2n) is 8.01. The van der Waals surface area contributed by atoms with Crippen molar-refractivity contribution in [3.8, 4) is 0 Å². The molecule has 0 radical (unpaired) electrons. The van der Waals surface area contributed by atoms with E-state index in [2.05, 4.69) is 10.6 Å². The van der Waals surface area contributed by atoms with Gasteiger partial charge in [0.15, 0.2) is 0 Å². The van der Waals surface area contributed by atoms with Crippen LogP contribution in [0.4, 0.5) is 33.7 Å². The molecule has 2 aliphatic heterocycles. The first kappa shape index (κ1) is 22.2. The number of carbonyl (C=O) groups is 2. The second kappa shape index (κ2) is 8.02. The minimum Gasteiger partial charge on any atom is -0.341 e. The van der Waals surface area contributed by atoms with Crippen molar-refractivity contribution in [3.63, 3.8) is 0 Å². The van der Waals surface area contributed by atoms with Gasteiger partial charge < -0.3 is 10.6 Å². The number of alkyl halides is 3. The van der Waals surface area contributed by atoms with E-state index in [1.165, 1.54) is 29.2 Å². The van der Waals surface area contributed by atoms with Crippen LogP contribution in [0.15, 0.2) is 54.6 Å². The summed E-state index contributed by atoms with van der Waals surface area (Å²) in [5.74, 6) is -0.932. The predicted octanol–water partition coefficient (Wildman–Crippen LogP) is 5.93. The first-order valence-electron chi connectivity index (χ1n) is 10.3. The van der Waals surface area contributed by atoms with Gasteiger partial charge in [0.05, 0.1) is 11.6 Å². The molecule has 3 aromatic rings. The molecule has 3 aromatic carbocycles. The highest BCUT2D eigenvalue weighted by molar-refractivity contribution is 6.31. The van der Waals surface area contributed by atoms with Crippen molar-refractivity contribution in [2.45, 2.75) is 18.6 Å². The molecular formula is C24H16ClF4N3O2. The number of fused-ring (bicyclic) bond motifs is 2. The van der Waals surface area contributed by atoms with E-state index in [9.17, 15) is 27.2 Å². The number of hydrogen-bond donors (Lipinski definition) is 2. The minimum absolute atomic E-state index is 0.202.